The topological polar surface area (TPSA) is 30.5 Å². The van der Waals surface area contributed by atoms with Crippen molar-refractivity contribution in [3.8, 4) is 5.75 Å². The van der Waals surface area contributed by atoms with E-state index < -0.39 is 0 Å². The molecule has 19 heavy (non-hydrogen) atoms. The number of nitrogens with one attached hydrogen (secondary N) is 1. The van der Waals surface area contributed by atoms with E-state index in [1.54, 1.807) is 0 Å². The number of ether oxygens (including phenoxy) is 2. The van der Waals surface area contributed by atoms with Gasteiger partial charge in [0.25, 0.3) is 0 Å². The lowest BCUT2D eigenvalue weighted by atomic mass is 10.0. The van der Waals surface area contributed by atoms with Crippen LogP contribution in [0.4, 0.5) is 0 Å². The van der Waals surface area contributed by atoms with Gasteiger partial charge in [-0.3, -0.25) is 0 Å². The van der Waals surface area contributed by atoms with Gasteiger partial charge in [0, 0.05) is 12.6 Å². The second-order valence-electron chi connectivity index (χ2n) is 5.21. The lowest BCUT2D eigenvalue weighted by Gasteiger charge is -2.23. The van der Waals surface area contributed by atoms with Crippen molar-refractivity contribution in [3.05, 3.63) is 29.8 Å². The Balaban J connectivity index is 1.50. The molecule has 1 aliphatic heterocycles. The van der Waals surface area contributed by atoms with Gasteiger partial charge in [-0.05, 0) is 50.4 Å². The number of rotatable bonds is 7. The van der Waals surface area contributed by atoms with Gasteiger partial charge in [0.1, 0.15) is 12.4 Å². The summed E-state index contributed by atoms with van der Waals surface area (Å²) in [6, 6.07) is 8.78. The largest absolute Gasteiger partial charge is 0.491 e. The summed E-state index contributed by atoms with van der Waals surface area (Å²) in [6.07, 6.45) is 5.09. The zero-order valence-electron chi connectivity index (χ0n) is 11.9. The SMILES string of the molecule is Cc1cccc(OCCOCCC2CCCCN2)c1. The number of hydrogen-bond acceptors (Lipinski definition) is 3. The van der Waals surface area contributed by atoms with E-state index in [4.69, 9.17) is 9.47 Å². The molecule has 1 heterocycles. The fourth-order valence-electron chi connectivity index (χ4n) is 2.42. The van der Waals surface area contributed by atoms with E-state index in [9.17, 15) is 0 Å². The van der Waals surface area contributed by atoms with Gasteiger partial charge in [0.2, 0.25) is 0 Å². The van der Waals surface area contributed by atoms with Crippen molar-refractivity contribution in [1.29, 1.82) is 0 Å². The molecule has 1 saturated heterocycles. The van der Waals surface area contributed by atoms with E-state index in [1.165, 1.54) is 31.4 Å². The van der Waals surface area contributed by atoms with Crippen LogP contribution in [-0.2, 0) is 4.74 Å². The van der Waals surface area contributed by atoms with Gasteiger partial charge in [-0.15, -0.1) is 0 Å². The van der Waals surface area contributed by atoms with Crippen LogP contribution >= 0.6 is 0 Å². The molecule has 0 amide bonds. The number of piperidine rings is 1. The van der Waals surface area contributed by atoms with Crippen LogP contribution in [0.15, 0.2) is 24.3 Å². The summed E-state index contributed by atoms with van der Waals surface area (Å²) < 4.78 is 11.3. The van der Waals surface area contributed by atoms with Crippen LogP contribution < -0.4 is 10.1 Å². The molecule has 106 valence electrons. The van der Waals surface area contributed by atoms with Crippen LogP contribution in [0.3, 0.4) is 0 Å². The van der Waals surface area contributed by atoms with E-state index in [0.717, 1.165) is 18.8 Å². The Morgan fingerprint density at radius 1 is 1.21 bits per heavy atom. The normalized spacial score (nSPS) is 19.3. The molecule has 3 nitrogen and oxygen atoms in total. The van der Waals surface area contributed by atoms with E-state index in [0.29, 0.717) is 19.3 Å². The summed E-state index contributed by atoms with van der Waals surface area (Å²) in [5.41, 5.74) is 1.22. The van der Waals surface area contributed by atoms with E-state index >= 15 is 0 Å². The van der Waals surface area contributed by atoms with E-state index in [1.807, 2.05) is 18.2 Å². The van der Waals surface area contributed by atoms with Gasteiger partial charge in [-0.1, -0.05) is 18.6 Å². The first-order valence-corrected chi connectivity index (χ1v) is 7.35. The molecular weight excluding hydrogens is 238 g/mol. The average molecular weight is 263 g/mol. The molecule has 0 aromatic heterocycles. The maximum absolute atomic E-state index is 5.64. The Bertz CT molecular complexity index is 362. The summed E-state index contributed by atoms with van der Waals surface area (Å²) in [4.78, 5) is 0. The highest BCUT2D eigenvalue weighted by atomic mass is 16.5. The third kappa shape index (κ3) is 5.62. The highest BCUT2D eigenvalue weighted by molar-refractivity contribution is 5.27. The molecule has 2 rings (SSSR count). The first kappa shape index (κ1) is 14.4. The van der Waals surface area contributed by atoms with Gasteiger partial charge < -0.3 is 14.8 Å². The lowest BCUT2D eigenvalue weighted by Crippen LogP contribution is -2.34. The lowest BCUT2D eigenvalue weighted by molar-refractivity contribution is 0.0911. The Morgan fingerprint density at radius 2 is 2.16 bits per heavy atom. The Hall–Kier alpha value is -1.06. The van der Waals surface area contributed by atoms with Crippen molar-refractivity contribution in [2.45, 2.75) is 38.6 Å². The van der Waals surface area contributed by atoms with Crippen LogP contribution in [0.2, 0.25) is 0 Å². The molecular formula is C16H25NO2. The standard InChI is InChI=1S/C16H25NO2/c1-14-5-4-7-16(13-14)19-12-11-18-10-8-15-6-2-3-9-17-15/h4-5,7,13,15,17H,2-3,6,8-12H2,1H3. The molecule has 0 aliphatic carbocycles. The van der Waals surface area contributed by atoms with Crippen molar-refractivity contribution < 1.29 is 9.47 Å². The maximum Gasteiger partial charge on any atom is 0.119 e. The summed E-state index contributed by atoms with van der Waals surface area (Å²) in [7, 11) is 0. The predicted octanol–water partition coefficient (Wildman–Crippen LogP) is 2.92. The third-order valence-corrected chi connectivity index (χ3v) is 3.51. The van der Waals surface area contributed by atoms with Crippen LogP contribution in [0, 0.1) is 6.92 Å². The summed E-state index contributed by atoms with van der Waals surface area (Å²) in [6.45, 7) is 5.36. The minimum absolute atomic E-state index is 0.627. The van der Waals surface area contributed by atoms with Crippen LogP contribution in [0.25, 0.3) is 0 Å². The highest BCUT2D eigenvalue weighted by Crippen LogP contribution is 2.12. The smallest absolute Gasteiger partial charge is 0.119 e. The molecule has 1 fully saturated rings. The number of aryl methyl sites for hydroxylation is 1. The maximum atomic E-state index is 5.64. The Kier molecular flexibility index (Phi) is 6.18. The molecule has 3 heteroatoms. The van der Waals surface area contributed by atoms with Crippen LogP contribution in [0.1, 0.15) is 31.2 Å². The molecule has 1 aliphatic rings. The molecule has 1 aromatic carbocycles. The summed E-state index contributed by atoms with van der Waals surface area (Å²) in [5.74, 6) is 0.928. The second-order valence-corrected chi connectivity index (χ2v) is 5.21. The van der Waals surface area contributed by atoms with Gasteiger partial charge in [-0.25, -0.2) is 0 Å². The molecule has 1 unspecified atom stereocenters. The second kappa shape index (κ2) is 8.18. The van der Waals surface area contributed by atoms with Crippen LogP contribution in [-0.4, -0.2) is 32.4 Å². The molecule has 0 saturated carbocycles. The van der Waals surface area contributed by atoms with Crippen molar-refractivity contribution in [2.24, 2.45) is 0 Å². The van der Waals surface area contributed by atoms with Crippen molar-refractivity contribution >= 4 is 0 Å². The predicted molar refractivity (Wildman–Crippen MR) is 77.8 cm³/mol. The van der Waals surface area contributed by atoms with Gasteiger partial charge in [0.05, 0.1) is 6.61 Å². The molecule has 0 spiro atoms. The monoisotopic (exact) mass is 263 g/mol. The minimum atomic E-state index is 0.627. The fraction of sp³-hybridized carbons (Fsp3) is 0.625. The van der Waals surface area contributed by atoms with Gasteiger partial charge >= 0.3 is 0 Å². The molecule has 1 aromatic rings. The molecule has 0 bridgehead atoms. The zero-order valence-corrected chi connectivity index (χ0v) is 11.9. The molecule has 0 radical (unpaired) electrons. The highest BCUT2D eigenvalue weighted by Gasteiger charge is 2.11. The zero-order chi connectivity index (χ0) is 13.3. The minimum Gasteiger partial charge on any atom is -0.491 e. The molecule has 1 N–H and O–H groups in total. The average Bonchev–Trinajstić information content (AvgIpc) is 2.44. The van der Waals surface area contributed by atoms with Crippen molar-refractivity contribution in [3.63, 3.8) is 0 Å². The van der Waals surface area contributed by atoms with Crippen molar-refractivity contribution in [2.75, 3.05) is 26.4 Å². The molecule has 1 atom stereocenters. The van der Waals surface area contributed by atoms with Crippen molar-refractivity contribution in [1.82, 2.24) is 5.32 Å². The Morgan fingerprint density at radius 3 is 2.95 bits per heavy atom. The number of benzene rings is 1. The van der Waals surface area contributed by atoms with Gasteiger partial charge in [0.15, 0.2) is 0 Å². The summed E-state index contributed by atoms with van der Waals surface area (Å²) in [5, 5.41) is 3.53. The first-order chi connectivity index (χ1) is 9.34. The quantitative estimate of drug-likeness (QED) is 0.767. The van der Waals surface area contributed by atoms with E-state index in [-0.39, 0.29) is 0 Å². The fourth-order valence-corrected chi connectivity index (χ4v) is 2.42. The third-order valence-electron chi connectivity index (χ3n) is 3.51. The van der Waals surface area contributed by atoms with Gasteiger partial charge in [-0.2, -0.15) is 0 Å². The number of hydrogen-bond donors (Lipinski definition) is 1. The summed E-state index contributed by atoms with van der Waals surface area (Å²) >= 11 is 0. The first-order valence-electron chi connectivity index (χ1n) is 7.35. The Labute approximate surface area is 116 Å². The van der Waals surface area contributed by atoms with Crippen LogP contribution in [0.5, 0.6) is 5.75 Å². The van der Waals surface area contributed by atoms with E-state index in [2.05, 4.69) is 18.3 Å².